The van der Waals surface area contributed by atoms with Crippen molar-refractivity contribution in [1.82, 2.24) is 30.4 Å². The Balaban J connectivity index is 1.20. The van der Waals surface area contributed by atoms with Crippen LogP contribution in [0.15, 0.2) is 30.3 Å². The highest BCUT2D eigenvalue weighted by Crippen LogP contribution is 2.38. The highest BCUT2D eigenvalue weighted by molar-refractivity contribution is 7.19. The Kier molecular flexibility index (Phi) is 8.96. The van der Waals surface area contributed by atoms with Crippen molar-refractivity contribution in [2.45, 2.75) is 65.0 Å². The Morgan fingerprint density at radius 3 is 2.60 bits per heavy atom. The van der Waals surface area contributed by atoms with E-state index in [1.165, 1.54) is 16.9 Å². The number of nitrogens with zero attached hydrogens (tertiary/aromatic N) is 4. The van der Waals surface area contributed by atoms with E-state index < -0.39 is 5.97 Å². The lowest BCUT2D eigenvalue weighted by molar-refractivity contribution is -0.141. The highest BCUT2D eigenvalue weighted by Gasteiger charge is 2.31. The van der Waals surface area contributed by atoms with Gasteiger partial charge in [-0.3, -0.25) is 14.4 Å². The number of benzene rings is 1. The molecular formula is C34H44N6O4S. The minimum Gasteiger partial charge on any atom is -0.481 e. The molecule has 6 rings (SSSR count). The number of aliphatic carboxylic acids is 1. The summed E-state index contributed by atoms with van der Waals surface area (Å²) >= 11 is 1.31. The number of likely N-dealkylation sites (tertiary alicyclic amines) is 2. The summed E-state index contributed by atoms with van der Waals surface area (Å²) in [6.07, 6.45) is 4.22. The van der Waals surface area contributed by atoms with Crippen molar-refractivity contribution in [2.75, 3.05) is 39.8 Å². The van der Waals surface area contributed by atoms with E-state index in [1.807, 2.05) is 25.2 Å². The van der Waals surface area contributed by atoms with Gasteiger partial charge in [-0.1, -0.05) is 44.2 Å². The van der Waals surface area contributed by atoms with Gasteiger partial charge in [0.15, 0.2) is 5.01 Å². The third kappa shape index (κ3) is 7.21. The number of fused-ring (bicyclic) bond motifs is 2. The fourth-order valence-corrected chi connectivity index (χ4v) is 7.74. The van der Waals surface area contributed by atoms with Gasteiger partial charge in [0.2, 0.25) is 0 Å². The molecule has 3 N–H and O–H groups in total. The van der Waals surface area contributed by atoms with E-state index in [2.05, 4.69) is 47.3 Å². The second kappa shape index (κ2) is 12.8. The van der Waals surface area contributed by atoms with E-state index in [0.717, 1.165) is 54.0 Å². The average Bonchev–Trinajstić information content (AvgIpc) is 3.64. The molecule has 0 saturated carbocycles. The Labute approximate surface area is 268 Å². The molecule has 1 aliphatic carbocycles. The first-order valence-corrected chi connectivity index (χ1v) is 16.9. The number of likely N-dealkylation sites (N-methyl/N-ethyl adjacent to an activating group) is 1. The first kappa shape index (κ1) is 31.6. The molecule has 1 aromatic carbocycles. The van der Waals surface area contributed by atoms with Crippen LogP contribution < -0.4 is 10.6 Å². The van der Waals surface area contributed by atoms with Gasteiger partial charge >= 0.3 is 5.97 Å². The Morgan fingerprint density at radius 1 is 1.09 bits per heavy atom. The van der Waals surface area contributed by atoms with Gasteiger partial charge in [-0.05, 0) is 86.4 Å². The molecule has 0 unspecified atom stereocenters. The molecule has 240 valence electrons. The quantitative estimate of drug-likeness (QED) is 0.321. The van der Waals surface area contributed by atoms with E-state index >= 15 is 0 Å². The number of nitrogens with one attached hydrogen (secondary N) is 2. The summed E-state index contributed by atoms with van der Waals surface area (Å²) < 4.78 is 0. The Bertz CT molecular complexity index is 1590. The molecule has 3 aliphatic rings. The molecule has 11 heteroatoms. The standard InChI is InChI=1S/C34H44N6O4S/c1-34(2,3)24-8-9-26-23(15-24)16-28-31(37-26)45-32(38-28)30(42)36-27(11-13-40-12-10-22(17-40)33(43)44)20-6-5-7-21(14-20)29(41)35-25-18-39(4)19-25/h5-7,14,16,22,24-25,27H,8-13,15,17-19H2,1-4H3,(H,35,41)(H,36,42)(H,43,44)/t22-,24-,27+/m0/s1. The predicted octanol–water partition coefficient (Wildman–Crippen LogP) is 4.15. The lowest BCUT2D eigenvalue weighted by Crippen LogP contribution is -2.57. The van der Waals surface area contributed by atoms with Gasteiger partial charge in [0, 0.05) is 37.4 Å². The van der Waals surface area contributed by atoms with Crippen LogP contribution in [-0.4, -0.2) is 88.5 Å². The zero-order chi connectivity index (χ0) is 31.9. The third-order valence-electron chi connectivity index (χ3n) is 9.78. The monoisotopic (exact) mass is 632 g/mol. The van der Waals surface area contributed by atoms with Crippen LogP contribution in [0, 0.1) is 17.3 Å². The van der Waals surface area contributed by atoms with Crippen molar-refractivity contribution in [1.29, 1.82) is 0 Å². The second-order valence-electron chi connectivity index (χ2n) is 14.2. The molecule has 0 radical (unpaired) electrons. The van der Waals surface area contributed by atoms with E-state index in [4.69, 9.17) is 9.97 Å². The molecule has 0 spiro atoms. The minimum atomic E-state index is -0.765. The van der Waals surface area contributed by atoms with Gasteiger partial charge in [0.25, 0.3) is 11.8 Å². The maximum absolute atomic E-state index is 13.7. The third-order valence-corrected chi connectivity index (χ3v) is 10.7. The number of hydrogen-bond donors (Lipinski definition) is 3. The number of aryl methyl sites for hydroxylation is 1. The van der Waals surface area contributed by atoms with E-state index in [-0.39, 0.29) is 35.2 Å². The smallest absolute Gasteiger partial charge is 0.307 e. The zero-order valence-electron chi connectivity index (χ0n) is 26.6. The Morgan fingerprint density at radius 2 is 1.89 bits per heavy atom. The summed E-state index contributed by atoms with van der Waals surface area (Å²) in [6, 6.07) is 9.30. The summed E-state index contributed by atoms with van der Waals surface area (Å²) in [5.41, 5.74) is 4.72. The molecule has 2 aliphatic heterocycles. The number of carboxylic acid groups (broad SMARTS) is 1. The van der Waals surface area contributed by atoms with Crippen LogP contribution in [0.4, 0.5) is 0 Å². The first-order chi connectivity index (χ1) is 21.4. The topological polar surface area (TPSA) is 128 Å². The molecule has 2 saturated heterocycles. The van der Waals surface area contributed by atoms with Crippen LogP contribution in [0.5, 0.6) is 0 Å². The fraction of sp³-hybridized carbons (Fsp3) is 0.559. The number of carbonyl (C=O) groups excluding carboxylic acids is 2. The van der Waals surface area contributed by atoms with Crippen molar-refractivity contribution in [2.24, 2.45) is 17.3 Å². The molecule has 2 amide bonds. The van der Waals surface area contributed by atoms with Crippen LogP contribution in [0.2, 0.25) is 0 Å². The molecule has 2 aromatic heterocycles. The van der Waals surface area contributed by atoms with Gasteiger partial charge in [-0.25, -0.2) is 9.97 Å². The van der Waals surface area contributed by atoms with Crippen LogP contribution in [0.3, 0.4) is 0 Å². The largest absolute Gasteiger partial charge is 0.481 e. The van der Waals surface area contributed by atoms with E-state index in [9.17, 15) is 19.5 Å². The lowest BCUT2D eigenvalue weighted by atomic mass is 9.71. The van der Waals surface area contributed by atoms with Crippen molar-refractivity contribution >= 4 is 39.5 Å². The molecule has 2 fully saturated rings. The number of rotatable bonds is 9. The van der Waals surface area contributed by atoms with Crippen LogP contribution in [-0.2, 0) is 17.6 Å². The highest BCUT2D eigenvalue weighted by atomic mass is 32.1. The maximum Gasteiger partial charge on any atom is 0.307 e. The number of pyridine rings is 1. The number of thiazole rings is 1. The number of amides is 2. The first-order valence-electron chi connectivity index (χ1n) is 16.1. The van der Waals surface area contributed by atoms with Gasteiger partial charge in [0.1, 0.15) is 10.3 Å². The molecule has 45 heavy (non-hydrogen) atoms. The number of hydrogen-bond acceptors (Lipinski definition) is 8. The number of carbonyl (C=O) groups is 3. The molecule has 3 atom stereocenters. The van der Waals surface area contributed by atoms with Gasteiger partial charge in [0.05, 0.1) is 18.0 Å². The summed E-state index contributed by atoms with van der Waals surface area (Å²) in [6.45, 7) is 10.4. The van der Waals surface area contributed by atoms with Gasteiger partial charge in [-0.15, -0.1) is 0 Å². The summed E-state index contributed by atoms with van der Waals surface area (Å²) in [7, 11) is 2.02. The fourth-order valence-electron chi connectivity index (χ4n) is 6.90. The molecule has 4 heterocycles. The van der Waals surface area contributed by atoms with Crippen LogP contribution in [0.1, 0.15) is 83.1 Å². The number of carboxylic acids is 1. The zero-order valence-corrected chi connectivity index (χ0v) is 27.5. The van der Waals surface area contributed by atoms with Crippen LogP contribution in [0.25, 0.3) is 10.3 Å². The van der Waals surface area contributed by atoms with Gasteiger partial charge in [-0.2, -0.15) is 0 Å². The van der Waals surface area contributed by atoms with Crippen LogP contribution >= 0.6 is 11.3 Å². The summed E-state index contributed by atoms with van der Waals surface area (Å²) in [4.78, 5) is 53.0. The average molecular weight is 633 g/mol. The van der Waals surface area contributed by atoms with E-state index in [1.54, 1.807) is 6.07 Å². The lowest BCUT2D eigenvalue weighted by Gasteiger charge is -2.36. The second-order valence-corrected chi connectivity index (χ2v) is 15.2. The van der Waals surface area contributed by atoms with Crippen molar-refractivity contribution in [3.63, 3.8) is 0 Å². The number of aromatic nitrogens is 2. The maximum atomic E-state index is 13.7. The summed E-state index contributed by atoms with van der Waals surface area (Å²) in [5.74, 6) is -0.945. The van der Waals surface area contributed by atoms with Crippen molar-refractivity contribution < 1.29 is 19.5 Å². The normalized spacial score (nSPS) is 21.7. The van der Waals surface area contributed by atoms with Crippen molar-refractivity contribution in [3.8, 4) is 0 Å². The van der Waals surface area contributed by atoms with E-state index in [0.29, 0.717) is 49.0 Å². The van der Waals surface area contributed by atoms with Gasteiger partial charge < -0.3 is 25.5 Å². The Hall–Kier alpha value is -3.41. The van der Waals surface area contributed by atoms with Crippen molar-refractivity contribution in [3.05, 3.63) is 57.7 Å². The molecular weight excluding hydrogens is 588 g/mol. The molecule has 3 aromatic rings. The molecule has 0 bridgehead atoms. The minimum absolute atomic E-state index is 0.126. The summed E-state index contributed by atoms with van der Waals surface area (Å²) in [5, 5.41) is 16.1. The molecule has 10 nitrogen and oxygen atoms in total. The predicted molar refractivity (Wildman–Crippen MR) is 175 cm³/mol. The SMILES string of the molecule is CN1CC(NC(=O)c2cccc([C@@H](CCN3CC[C@H](C(=O)O)C3)NC(=O)c3nc4cc5c(nc4s3)CC[C@H](C(C)(C)C)C5)c2)C1.